The highest BCUT2D eigenvalue weighted by Gasteiger charge is 2.12. The minimum atomic E-state index is 0.0522. The Morgan fingerprint density at radius 2 is 2.19 bits per heavy atom. The molecular formula is C20H27N3O2S. The lowest BCUT2D eigenvalue weighted by Crippen LogP contribution is -2.35. The van der Waals surface area contributed by atoms with Crippen molar-refractivity contribution in [2.45, 2.75) is 32.7 Å². The van der Waals surface area contributed by atoms with Gasteiger partial charge in [-0.1, -0.05) is 31.5 Å². The second-order valence-corrected chi connectivity index (χ2v) is 7.47. The normalized spacial score (nSPS) is 15.1. The van der Waals surface area contributed by atoms with Gasteiger partial charge in [0, 0.05) is 37.1 Å². The highest BCUT2D eigenvalue weighted by Crippen LogP contribution is 2.25. The van der Waals surface area contributed by atoms with Gasteiger partial charge in [-0.25, -0.2) is 4.98 Å². The Kier molecular flexibility index (Phi) is 7.17. The number of rotatable bonds is 8. The zero-order valence-corrected chi connectivity index (χ0v) is 16.2. The number of hydrogen-bond acceptors (Lipinski definition) is 5. The average Bonchev–Trinajstić information content (AvgIpc) is 3.11. The fourth-order valence-corrected chi connectivity index (χ4v) is 3.79. The van der Waals surface area contributed by atoms with E-state index < -0.39 is 0 Å². The highest BCUT2D eigenvalue weighted by atomic mass is 32.1. The van der Waals surface area contributed by atoms with E-state index >= 15 is 0 Å². The van der Waals surface area contributed by atoms with Gasteiger partial charge in [0.25, 0.3) is 0 Å². The number of aromatic nitrogens is 1. The lowest BCUT2D eigenvalue weighted by atomic mass is 10.1. The number of benzene rings is 1. The van der Waals surface area contributed by atoms with Crippen molar-refractivity contribution in [2.24, 2.45) is 0 Å². The number of unbranched alkanes of at least 4 members (excludes halogenated alkanes) is 1. The van der Waals surface area contributed by atoms with Crippen molar-refractivity contribution in [2.75, 3.05) is 32.8 Å². The second kappa shape index (κ2) is 9.80. The summed E-state index contributed by atoms with van der Waals surface area (Å²) in [5.41, 5.74) is 3.26. The van der Waals surface area contributed by atoms with Crippen LogP contribution in [0.5, 0.6) is 0 Å². The van der Waals surface area contributed by atoms with Crippen molar-refractivity contribution >= 4 is 17.2 Å². The first-order valence-corrected chi connectivity index (χ1v) is 10.2. The standard InChI is InChI=1S/C20H27N3O2S/c1-2-3-7-21-19(24)13-18-15-26-20(22-18)17-6-4-5-16(12-17)14-23-8-10-25-11-9-23/h4-6,12,15H,2-3,7-11,13-14H2,1H3,(H,21,24). The molecule has 0 saturated carbocycles. The number of nitrogens with one attached hydrogen (secondary N) is 1. The Morgan fingerprint density at radius 1 is 1.35 bits per heavy atom. The topological polar surface area (TPSA) is 54.5 Å². The zero-order chi connectivity index (χ0) is 18.2. The summed E-state index contributed by atoms with van der Waals surface area (Å²) in [7, 11) is 0. The molecule has 0 spiro atoms. The van der Waals surface area contributed by atoms with E-state index in [4.69, 9.17) is 4.74 Å². The Labute approximate surface area is 159 Å². The van der Waals surface area contributed by atoms with E-state index in [0.29, 0.717) is 6.42 Å². The van der Waals surface area contributed by atoms with Crippen LogP contribution in [0.2, 0.25) is 0 Å². The van der Waals surface area contributed by atoms with Gasteiger partial charge in [0.05, 0.1) is 25.3 Å². The Morgan fingerprint density at radius 3 is 3.00 bits per heavy atom. The van der Waals surface area contributed by atoms with Crippen LogP contribution in [0.25, 0.3) is 10.6 Å². The monoisotopic (exact) mass is 373 g/mol. The average molecular weight is 374 g/mol. The molecule has 3 rings (SSSR count). The number of hydrogen-bond donors (Lipinski definition) is 1. The van der Waals surface area contributed by atoms with Crippen LogP contribution in [0.1, 0.15) is 31.0 Å². The SMILES string of the molecule is CCCCNC(=O)Cc1csc(-c2cccc(CN3CCOCC3)c2)n1. The summed E-state index contributed by atoms with van der Waals surface area (Å²) in [6.07, 6.45) is 2.46. The summed E-state index contributed by atoms with van der Waals surface area (Å²) < 4.78 is 5.41. The van der Waals surface area contributed by atoms with Gasteiger partial charge < -0.3 is 10.1 Å². The summed E-state index contributed by atoms with van der Waals surface area (Å²) in [6.45, 7) is 7.40. The van der Waals surface area contributed by atoms with Crippen molar-refractivity contribution in [3.8, 4) is 10.6 Å². The minimum Gasteiger partial charge on any atom is -0.379 e. The lowest BCUT2D eigenvalue weighted by Gasteiger charge is -2.26. The van der Waals surface area contributed by atoms with Crippen molar-refractivity contribution in [1.29, 1.82) is 0 Å². The van der Waals surface area contributed by atoms with Gasteiger partial charge in [0.15, 0.2) is 0 Å². The smallest absolute Gasteiger partial charge is 0.226 e. The third-order valence-corrected chi connectivity index (χ3v) is 5.37. The van der Waals surface area contributed by atoms with Gasteiger partial charge in [-0.3, -0.25) is 9.69 Å². The molecule has 1 aliphatic rings. The predicted molar refractivity (Wildman–Crippen MR) is 105 cm³/mol. The predicted octanol–water partition coefficient (Wildman–Crippen LogP) is 3.10. The molecule has 26 heavy (non-hydrogen) atoms. The second-order valence-electron chi connectivity index (χ2n) is 6.61. The summed E-state index contributed by atoms with van der Waals surface area (Å²) in [5, 5.41) is 5.91. The van der Waals surface area contributed by atoms with Crippen LogP contribution >= 0.6 is 11.3 Å². The number of nitrogens with zero attached hydrogens (tertiary/aromatic N) is 2. The molecule has 0 aliphatic carbocycles. The maximum absolute atomic E-state index is 11.9. The first-order chi connectivity index (χ1) is 12.7. The number of ether oxygens (including phenoxy) is 1. The van der Waals surface area contributed by atoms with Crippen molar-refractivity contribution < 1.29 is 9.53 Å². The fourth-order valence-electron chi connectivity index (χ4n) is 2.97. The molecule has 5 nitrogen and oxygen atoms in total. The molecule has 1 amide bonds. The van der Waals surface area contributed by atoms with E-state index in [-0.39, 0.29) is 5.91 Å². The molecule has 2 heterocycles. The molecule has 0 radical (unpaired) electrons. The van der Waals surface area contributed by atoms with Gasteiger partial charge in [0.1, 0.15) is 5.01 Å². The van der Waals surface area contributed by atoms with Crippen LogP contribution in [0.3, 0.4) is 0 Å². The molecule has 6 heteroatoms. The van der Waals surface area contributed by atoms with Crippen LogP contribution in [-0.4, -0.2) is 48.6 Å². The zero-order valence-electron chi connectivity index (χ0n) is 15.4. The minimum absolute atomic E-state index is 0.0522. The van der Waals surface area contributed by atoms with Gasteiger partial charge in [-0.05, 0) is 18.1 Å². The van der Waals surface area contributed by atoms with E-state index in [1.54, 1.807) is 11.3 Å². The molecular weight excluding hydrogens is 346 g/mol. The molecule has 0 atom stereocenters. The number of morpholine rings is 1. The number of carbonyl (C=O) groups excluding carboxylic acids is 1. The van der Waals surface area contributed by atoms with Gasteiger partial charge in [-0.15, -0.1) is 11.3 Å². The maximum Gasteiger partial charge on any atom is 0.226 e. The molecule has 1 saturated heterocycles. The van der Waals surface area contributed by atoms with E-state index in [2.05, 4.69) is 46.4 Å². The van der Waals surface area contributed by atoms with Crippen molar-refractivity contribution in [3.63, 3.8) is 0 Å². The van der Waals surface area contributed by atoms with E-state index in [9.17, 15) is 4.79 Å². The number of carbonyl (C=O) groups is 1. The van der Waals surface area contributed by atoms with Crippen molar-refractivity contribution in [1.82, 2.24) is 15.2 Å². The molecule has 0 bridgehead atoms. The number of amides is 1. The molecule has 1 N–H and O–H groups in total. The summed E-state index contributed by atoms with van der Waals surface area (Å²) in [4.78, 5) is 19.0. The maximum atomic E-state index is 11.9. The lowest BCUT2D eigenvalue weighted by molar-refractivity contribution is -0.120. The Bertz CT molecular complexity index is 711. The number of thiazole rings is 1. The molecule has 2 aromatic rings. The van der Waals surface area contributed by atoms with Gasteiger partial charge in [0.2, 0.25) is 5.91 Å². The van der Waals surface area contributed by atoms with Crippen LogP contribution in [0.15, 0.2) is 29.6 Å². The van der Waals surface area contributed by atoms with E-state index in [1.807, 2.05) is 5.38 Å². The Balaban J connectivity index is 1.59. The van der Waals surface area contributed by atoms with Gasteiger partial charge >= 0.3 is 0 Å². The van der Waals surface area contributed by atoms with E-state index in [0.717, 1.165) is 68.5 Å². The molecule has 140 valence electrons. The quantitative estimate of drug-likeness (QED) is 0.723. The van der Waals surface area contributed by atoms with Gasteiger partial charge in [-0.2, -0.15) is 0 Å². The molecule has 0 unspecified atom stereocenters. The first-order valence-electron chi connectivity index (χ1n) is 9.35. The molecule has 1 aliphatic heterocycles. The van der Waals surface area contributed by atoms with Crippen LogP contribution in [-0.2, 0) is 22.5 Å². The van der Waals surface area contributed by atoms with Crippen LogP contribution in [0.4, 0.5) is 0 Å². The largest absolute Gasteiger partial charge is 0.379 e. The third kappa shape index (κ3) is 5.62. The Hall–Kier alpha value is -1.76. The fraction of sp³-hybridized carbons (Fsp3) is 0.500. The van der Waals surface area contributed by atoms with Crippen LogP contribution in [0, 0.1) is 0 Å². The van der Waals surface area contributed by atoms with E-state index in [1.165, 1.54) is 5.56 Å². The summed E-state index contributed by atoms with van der Waals surface area (Å²) in [5.74, 6) is 0.0522. The van der Waals surface area contributed by atoms with Crippen LogP contribution < -0.4 is 5.32 Å². The molecule has 1 aromatic carbocycles. The van der Waals surface area contributed by atoms with Crippen molar-refractivity contribution in [3.05, 3.63) is 40.9 Å². The first kappa shape index (κ1) is 19.0. The molecule has 1 aromatic heterocycles. The summed E-state index contributed by atoms with van der Waals surface area (Å²) in [6, 6.07) is 8.55. The third-order valence-electron chi connectivity index (χ3n) is 4.43. The molecule has 1 fully saturated rings. The highest BCUT2D eigenvalue weighted by molar-refractivity contribution is 7.13. The summed E-state index contributed by atoms with van der Waals surface area (Å²) >= 11 is 1.60.